The van der Waals surface area contributed by atoms with Gasteiger partial charge in [0.25, 0.3) is 11.8 Å². The molecule has 1 aromatic carbocycles. The molecule has 1 aliphatic heterocycles. The summed E-state index contributed by atoms with van der Waals surface area (Å²) in [5.41, 5.74) is 1.51. The van der Waals surface area contributed by atoms with E-state index in [0.29, 0.717) is 22.8 Å². The van der Waals surface area contributed by atoms with Crippen molar-refractivity contribution >= 4 is 29.9 Å². The number of hydrazine groups is 1. The van der Waals surface area contributed by atoms with Gasteiger partial charge in [-0.15, -0.1) is 0 Å². The van der Waals surface area contributed by atoms with Gasteiger partial charge in [-0.3, -0.25) is 15.0 Å². The summed E-state index contributed by atoms with van der Waals surface area (Å²) in [5.74, 6) is -1.77. The van der Waals surface area contributed by atoms with Gasteiger partial charge in [-0.1, -0.05) is 37.3 Å². The van der Waals surface area contributed by atoms with Crippen LogP contribution in [-0.2, 0) is 24.7 Å². The quantitative estimate of drug-likeness (QED) is 0.417. The molecule has 0 radical (unpaired) electrons. The zero-order valence-corrected chi connectivity index (χ0v) is 15.6. The summed E-state index contributed by atoms with van der Waals surface area (Å²) in [6, 6.07) is 11.3. The summed E-state index contributed by atoms with van der Waals surface area (Å²) in [6.45, 7) is 1.09. The van der Waals surface area contributed by atoms with E-state index in [-0.39, 0.29) is 0 Å². The summed E-state index contributed by atoms with van der Waals surface area (Å²) in [6.07, 6.45) is 4.22. The number of esters is 1. The molecule has 2 N–H and O–H groups in total. The molecule has 1 aliphatic rings. The number of imide groups is 1. The highest BCUT2D eigenvalue weighted by Gasteiger charge is 2.52. The number of furan rings is 1. The number of ether oxygens (including phenoxy) is 1. The average molecular weight is 397 g/mol. The number of carbonyl (C=O) groups is 4. The summed E-state index contributed by atoms with van der Waals surface area (Å²) >= 11 is 0. The van der Waals surface area contributed by atoms with Gasteiger partial charge >= 0.3 is 12.0 Å². The van der Waals surface area contributed by atoms with Gasteiger partial charge in [0.15, 0.2) is 6.61 Å². The Morgan fingerprint density at radius 2 is 1.97 bits per heavy atom. The first-order valence-corrected chi connectivity index (χ1v) is 8.86. The minimum atomic E-state index is -1.27. The number of hydrogen-bond acceptors (Lipinski definition) is 6. The highest BCUT2D eigenvalue weighted by molar-refractivity contribution is 6.08. The van der Waals surface area contributed by atoms with Crippen LogP contribution in [0.3, 0.4) is 0 Å². The molecule has 150 valence electrons. The molecule has 2 heterocycles. The number of hydrogen-bond donors (Lipinski definition) is 2. The van der Waals surface area contributed by atoms with Crippen molar-refractivity contribution in [2.45, 2.75) is 18.9 Å². The highest BCUT2D eigenvalue weighted by Crippen LogP contribution is 2.31. The Morgan fingerprint density at radius 1 is 1.21 bits per heavy atom. The fourth-order valence-corrected chi connectivity index (χ4v) is 2.92. The van der Waals surface area contributed by atoms with Crippen molar-refractivity contribution in [3.05, 3.63) is 66.1 Å². The Labute approximate surface area is 166 Å². The third-order valence-corrected chi connectivity index (χ3v) is 4.40. The Hall–Kier alpha value is -3.88. The molecule has 1 fully saturated rings. The Morgan fingerprint density at radius 3 is 2.62 bits per heavy atom. The van der Waals surface area contributed by atoms with Crippen LogP contribution >= 0.6 is 0 Å². The SMILES string of the molecule is CC[C@@]1(c2ccccc2)NC(=O)N(NC(=O)COC(=O)/C=C/c2ccco2)C1=O. The fraction of sp³-hybridized carbons (Fsp3) is 0.200. The van der Waals surface area contributed by atoms with Crippen molar-refractivity contribution in [3.63, 3.8) is 0 Å². The van der Waals surface area contributed by atoms with Crippen molar-refractivity contribution in [3.8, 4) is 0 Å². The molecule has 1 atom stereocenters. The third kappa shape index (κ3) is 4.18. The number of benzene rings is 1. The molecule has 0 spiro atoms. The number of rotatable bonds is 7. The number of amides is 4. The molecule has 0 aliphatic carbocycles. The van der Waals surface area contributed by atoms with E-state index in [2.05, 4.69) is 10.7 Å². The second kappa shape index (κ2) is 8.42. The van der Waals surface area contributed by atoms with Crippen LogP contribution in [-0.4, -0.2) is 35.4 Å². The third-order valence-electron chi connectivity index (χ3n) is 4.40. The lowest BCUT2D eigenvalue weighted by Crippen LogP contribution is -2.49. The Balaban J connectivity index is 1.59. The fourth-order valence-electron chi connectivity index (χ4n) is 2.92. The van der Waals surface area contributed by atoms with Crippen LogP contribution in [0.25, 0.3) is 6.08 Å². The van der Waals surface area contributed by atoms with Crippen LogP contribution in [0.4, 0.5) is 4.79 Å². The van der Waals surface area contributed by atoms with Gasteiger partial charge in [-0.2, -0.15) is 5.01 Å². The van der Waals surface area contributed by atoms with E-state index in [1.165, 1.54) is 12.3 Å². The standard InChI is InChI=1S/C20H19N3O6/c1-2-20(14-7-4-3-5-8-14)18(26)23(19(27)21-20)22-16(24)13-29-17(25)11-10-15-9-6-12-28-15/h3-12H,2,13H2,1H3,(H,21,27)(H,22,24)/b11-10+/t20-/m0/s1. The topological polar surface area (TPSA) is 118 Å². The molecule has 29 heavy (non-hydrogen) atoms. The van der Waals surface area contributed by atoms with Crippen LogP contribution in [0.2, 0.25) is 0 Å². The first-order valence-electron chi connectivity index (χ1n) is 8.86. The van der Waals surface area contributed by atoms with E-state index < -0.39 is 36.0 Å². The van der Waals surface area contributed by atoms with E-state index in [1.54, 1.807) is 49.4 Å². The van der Waals surface area contributed by atoms with E-state index in [0.717, 1.165) is 6.08 Å². The van der Waals surface area contributed by atoms with Crippen LogP contribution < -0.4 is 10.7 Å². The van der Waals surface area contributed by atoms with E-state index in [1.807, 2.05) is 0 Å². The first kappa shape index (κ1) is 19.9. The molecule has 0 bridgehead atoms. The van der Waals surface area contributed by atoms with Crippen molar-refractivity contribution < 1.29 is 28.3 Å². The van der Waals surface area contributed by atoms with Crippen molar-refractivity contribution in [1.82, 2.24) is 15.8 Å². The highest BCUT2D eigenvalue weighted by atomic mass is 16.5. The average Bonchev–Trinajstić information content (AvgIpc) is 3.34. The summed E-state index contributed by atoms with van der Waals surface area (Å²) in [7, 11) is 0. The number of urea groups is 1. The van der Waals surface area contributed by atoms with Crippen molar-refractivity contribution in [2.24, 2.45) is 0 Å². The van der Waals surface area contributed by atoms with Gasteiger partial charge in [-0.25, -0.2) is 9.59 Å². The zero-order valence-electron chi connectivity index (χ0n) is 15.6. The van der Waals surface area contributed by atoms with Gasteiger partial charge in [0, 0.05) is 6.08 Å². The number of nitrogens with zero attached hydrogens (tertiary/aromatic N) is 1. The predicted molar refractivity (Wildman–Crippen MR) is 101 cm³/mol. The molecule has 2 aromatic rings. The molecular weight excluding hydrogens is 378 g/mol. The van der Waals surface area contributed by atoms with Gasteiger partial charge < -0.3 is 14.5 Å². The Bertz CT molecular complexity index is 938. The summed E-state index contributed by atoms with van der Waals surface area (Å²) < 4.78 is 9.82. The lowest BCUT2D eigenvalue weighted by atomic mass is 9.87. The Kier molecular flexibility index (Phi) is 5.77. The molecule has 3 rings (SSSR count). The predicted octanol–water partition coefficient (Wildman–Crippen LogP) is 1.72. The second-order valence-electron chi connectivity index (χ2n) is 6.19. The molecule has 1 saturated heterocycles. The van der Waals surface area contributed by atoms with Crippen LogP contribution in [0.5, 0.6) is 0 Å². The molecule has 0 unspecified atom stereocenters. The lowest BCUT2D eigenvalue weighted by molar-refractivity contribution is -0.147. The molecule has 1 aromatic heterocycles. The molecule has 0 saturated carbocycles. The van der Waals surface area contributed by atoms with E-state index >= 15 is 0 Å². The molecule has 4 amide bonds. The maximum absolute atomic E-state index is 12.9. The van der Waals surface area contributed by atoms with Crippen LogP contribution in [0.15, 0.2) is 59.2 Å². The van der Waals surface area contributed by atoms with Gasteiger partial charge in [0.05, 0.1) is 6.26 Å². The minimum Gasteiger partial charge on any atom is -0.465 e. The van der Waals surface area contributed by atoms with Crippen LogP contribution in [0.1, 0.15) is 24.7 Å². The molecule has 9 nitrogen and oxygen atoms in total. The summed E-state index contributed by atoms with van der Waals surface area (Å²) in [4.78, 5) is 48.9. The second-order valence-corrected chi connectivity index (χ2v) is 6.19. The monoisotopic (exact) mass is 397 g/mol. The zero-order chi connectivity index (χ0) is 20.9. The van der Waals surface area contributed by atoms with E-state index in [4.69, 9.17) is 9.15 Å². The largest absolute Gasteiger partial charge is 0.465 e. The smallest absolute Gasteiger partial charge is 0.344 e. The van der Waals surface area contributed by atoms with Gasteiger partial charge in [0.1, 0.15) is 11.3 Å². The first-order chi connectivity index (χ1) is 14.0. The molecular formula is C20H19N3O6. The maximum Gasteiger partial charge on any atom is 0.344 e. The van der Waals surface area contributed by atoms with E-state index in [9.17, 15) is 19.2 Å². The number of carbonyl (C=O) groups excluding carboxylic acids is 4. The van der Waals surface area contributed by atoms with Crippen LogP contribution in [0, 0.1) is 0 Å². The maximum atomic E-state index is 12.9. The minimum absolute atomic E-state index is 0.292. The van der Waals surface area contributed by atoms with Crippen molar-refractivity contribution in [2.75, 3.05) is 6.61 Å². The van der Waals surface area contributed by atoms with Gasteiger partial charge in [0.2, 0.25) is 0 Å². The lowest BCUT2D eigenvalue weighted by Gasteiger charge is -2.25. The molecule has 9 heteroatoms. The summed E-state index contributed by atoms with van der Waals surface area (Å²) in [5, 5.41) is 3.24. The van der Waals surface area contributed by atoms with Gasteiger partial charge in [-0.05, 0) is 30.2 Å². The normalized spacial score (nSPS) is 18.7. The van der Waals surface area contributed by atoms with Crippen molar-refractivity contribution in [1.29, 1.82) is 0 Å². The number of nitrogens with one attached hydrogen (secondary N) is 2.